The number of fused-ring (bicyclic) bond motifs is 1. The number of hydrogen-bond donors (Lipinski definition) is 0. The molecule has 0 aliphatic rings. The van der Waals surface area contributed by atoms with Crippen LogP contribution in [0.5, 0.6) is 5.75 Å². The second kappa shape index (κ2) is 8.23. The van der Waals surface area contributed by atoms with Gasteiger partial charge in [0.2, 0.25) is 0 Å². The van der Waals surface area contributed by atoms with Gasteiger partial charge in [0.25, 0.3) is 5.91 Å². The average Bonchev–Trinajstić information content (AvgIpc) is 3.35. The minimum atomic E-state index is -0.140. The molecule has 0 atom stereocenters. The van der Waals surface area contributed by atoms with Crippen LogP contribution in [0.2, 0.25) is 0 Å². The van der Waals surface area contributed by atoms with E-state index in [-0.39, 0.29) is 11.9 Å². The van der Waals surface area contributed by atoms with Crippen molar-refractivity contribution < 1.29 is 9.53 Å². The zero-order valence-electron chi connectivity index (χ0n) is 17.4. The second-order valence-electron chi connectivity index (χ2n) is 7.29. The Kier molecular flexibility index (Phi) is 5.50. The van der Waals surface area contributed by atoms with E-state index in [0.717, 1.165) is 27.2 Å². The fourth-order valence-electron chi connectivity index (χ4n) is 3.24. The molecule has 0 saturated heterocycles. The summed E-state index contributed by atoms with van der Waals surface area (Å²) in [6, 6.07) is 11.4. The molecule has 8 heteroatoms. The van der Waals surface area contributed by atoms with Crippen molar-refractivity contribution in [3.05, 3.63) is 65.7 Å². The number of pyridine rings is 1. The van der Waals surface area contributed by atoms with Crippen LogP contribution >= 0.6 is 11.3 Å². The summed E-state index contributed by atoms with van der Waals surface area (Å²) >= 11 is 1.46. The maximum Gasteiger partial charge on any atom is 0.278 e. The van der Waals surface area contributed by atoms with Crippen LogP contribution in [0, 0.1) is 6.92 Å². The van der Waals surface area contributed by atoms with E-state index in [9.17, 15) is 4.79 Å². The predicted molar refractivity (Wildman–Crippen MR) is 118 cm³/mol. The Morgan fingerprint density at radius 3 is 2.80 bits per heavy atom. The predicted octanol–water partition coefficient (Wildman–Crippen LogP) is 4.63. The van der Waals surface area contributed by atoms with E-state index in [0.29, 0.717) is 17.4 Å². The molecule has 3 heterocycles. The number of carbonyl (C=O) groups is 1. The Morgan fingerprint density at radius 2 is 2.10 bits per heavy atom. The van der Waals surface area contributed by atoms with Gasteiger partial charge in [-0.3, -0.25) is 19.4 Å². The number of rotatable bonds is 6. The average molecular weight is 422 g/mol. The van der Waals surface area contributed by atoms with Gasteiger partial charge >= 0.3 is 0 Å². The third-order valence-electron chi connectivity index (χ3n) is 4.69. The highest BCUT2D eigenvalue weighted by Gasteiger charge is 2.26. The highest BCUT2D eigenvalue weighted by atomic mass is 32.1. The van der Waals surface area contributed by atoms with Gasteiger partial charge in [-0.2, -0.15) is 5.10 Å². The third kappa shape index (κ3) is 3.91. The summed E-state index contributed by atoms with van der Waals surface area (Å²) in [4.78, 5) is 24.3. The first kappa shape index (κ1) is 20.0. The molecule has 0 radical (unpaired) electrons. The molecule has 0 bridgehead atoms. The Morgan fingerprint density at radius 1 is 1.27 bits per heavy atom. The van der Waals surface area contributed by atoms with Gasteiger partial charge in [0.15, 0.2) is 5.13 Å². The van der Waals surface area contributed by atoms with Crippen molar-refractivity contribution in [1.29, 1.82) is 0 Å². The Balaban J connectivity index is 1.79. The van der Waals surface area contributed by atoms with Crippen molar-refractivity contribution in [3.8, 4) is 5.75 Å². The molecule has 4 aromatic rings. The lowest BCUT2D eigenvalue weighted by molar-refractivity contribution is 0.0973. The number of nitrogens with zero attached hydrogens (tertiary/aromatic N) is 5. The number of amides is 1. The summed E-state index contributed by atoms with van der Waals surface area (Å²) in [7, 11) is 1.64. The number of thiazole rings is 1. The lowest BCUT2D eigenvalue weighted by Gasteiger charge is -2.21. The van der Waals surface area contributed by atoms with E-state index in [4.69, 9.17) is 9.72 Å². The molecule has 0 saturated carbocycles. The van der Waals surface area contributed by atoms with Gasteiger partial charge in [0.1, 0.15) is 11.4 Å². The van der Waals surface area contributed by atoms with Crippen LogP contribution in [-0.4, -0.2) is 32.8 Å². The van der Waals surface area contributed by atoms with Gasteiger partial charge in [0, 0.05) is 18.4 Å². The van der Waals surface area contributed by atoms with Gasteiger partial charge in [-0.05, 0) is 56.7 Å². The first-order valence-electron chi connectivity index (χ1n) is 9.67. The molecule has 7 nitrogen and oxygen atoms in total. The quantitative estimate of drug-likeness (QED) is 0.454. The summed E-state index contributed by atoms with van der Waals surface area (Å²) in [5.41, 5.74) is 3.11. The third-order valence-corrected chi connectivity index (χ3v) is 5.73. The van der Waals surface area contributed by atoms with E-state index in [1.165, 1.54) is 11.3 Å². The van der Waals surface area contributed by atoms with E-state index in [2.05, 4.69) is 10.1 Å². The van der Waals surface area contributed by atoms with Gasteiger partial charge in [-0.15, -0.1) is 0 Å². The van der Waals surface area contributed by atoms with Crippen LogP contribution in [0.25, 0.3) is 10.2 Å². The molecule has 0 N–H and O–H groups in total. The van der Waals surface area contributed by atoms with Crippen molar-refractivity contribution in [2.45, 2.75) is 33.4 Å². The minimum Gasteiger partial charge on any atom is -0.497 e. The molecule has 0 spiro atoms. The number of anilines is 1. The molecule has 0 unspecified atom stereocenters. The molecule has 3 aromatic heterocycles. The molecule has 0 aliphatic heterocycles. The van der Waals surface area contributed by atoms with Crippen molar-refractivity contribution in [2.24, 2.45) is 0 Å². The van der Waals surface area contributed by atoms with Crippen molar-refractivity contribution in [3.63, 3.8) is 0 Å². The van der Waals surface area contributed by atoms with E-state index in [1.54, 1.807) is 29.1 Å². The Hall–Kier alpha value is -3.26. The number of ether oxygens (including phenoxy) is 1. The highest BCUT2D eigenvalue weighted by Crippen LogP contribution is 2.33. The smallest absolute Gasteiger partial charge is 0.278 e. The molecule has 0 aliphatic carbocycles. The molecular weight excluding hydrogens is 398 g/mol. The summed E-state index contributed by atoms with van der Waals surface area (Å²) in [5.74, 6) is 0.621. The molecular formula is C22H23N5O2S. The number of aryl methyl sites for hydroxylation is 1. The van der Waals surface area contributed by atoms with Crippen LogP contribution in [0.4, 0.5) is 5.13 Å². The van der Waals surface area contributed by atoms with Crippen molar-refractivity contribution in [2.75, 3.05) is 12.0 Å². The highest BCUT2D eigenvalue weighted by molar-refractivity contribution is 7.22. The van der Waals surface area contributed by atoms with Crippen molar-refractivity contribution >= 4 is 32.6 Å². The molecule has 4 rings (SSSR count). The number of hydrogen-bond acceptors (Lipinski definition) is 6. The van der Waals surface area contributed by atoms with Crippen LogP contribution in [0.1, 0.15) is 41.6 Å². The standard InChI is InChI=1S/C22H23N5O2S/c1-14(2)27-19(10-15(3)25-27)21(28)26(13-16-6-5-9-23-12-16)22-24-18-8-7-17(29-4)11-20(18)30-22/h5-12,14H,13H2,1-4H3. The van der Waals surface area contributed by atoms with Gasteiger partial charge in [0.05, 0.1) is 29.6 Å². The lowest BCUT2D eigenvalue weighted by atomic mass is 10.2. The SMILES string of the molecule is COc1ccc2nc(N(Cc3cccnc3)C(=O)c3cc(C)nn3C(C)C)sc2c1. The summed E-state index contributed by atoms with van der Waals surface area (Å²) in [6.07, 6.45) is 3.48. The molecule has 0 fully saturated rings. The summed E-state index contributed by atoms with van der Waals surface area (Å²) in [5, 5.41) is 5.13. The molecule has 1 aromatic carbocycles. The van der Waals surface area contributed by atoms with Crippen LogP contribution in [0.3, 0.4) is 0 Å². The van der Waals surface area contributed by atoms with Crippen molar-refractivity contribution in [1.82, 2.24) is 19.7 Å². The largest absolute Gasteiger partial charge is 0.497 e. The number of methoxy groups -OCH3 is 1. The minimum absolute atomic E-state index is 0.0671. The molecule has 154 valence electrons. The van der Waals surface area contributed by atoms with Gasteiger partial charge in [-0.1, -0.05) is 17.4 Å². The second-order valence-corrected chi connectivity index (χ2v) is 8.30. The molecule has 30 heavy (non-hydrogen) atoms. The lowest BCUT2D eigenvalue weighted by Crippen LogP contribution is -2.32. The van der Waals surface area contributed by atoms with E-state index >= 15 is 0 Å². The van der Waals surface area contributed by atoms with Gasteiger partial charge < -0.3 is 4.74 Å². The zero-order valence-corrected chi connectivity index (χ0v) is 18.2. The zero-order chi connectivity index (χ0) is 21.3. The van der Waals surface area contributed by atoms with Crippen LogP contribution in [0.15, 0.2) is 48.8 Å². The topological polar surface area (TPSA) is 73.1 Å². The summed E-state index contributed by atoms with van der Waals surface area (Å²) < 4.78 is 8.06. The number of aromatic nitrogens is 4. The normalized spacial score (nSPS) is 11.2. The Bertz CT molecular complexity index is 1180. The van der Waals surface area contributed by atoms with Gasteiger partial charge in [-0.25, -0.2) is 4.98 Å². The Labute approximate surface area is 179 Å². The number of benzene rings is 1. The van der Waals surface area contributed by atoms with E-state index in [1.807, 2.05) is 57.2 Å². The maximum absolute atomic E-state index is 13.7. The molecule has 1 amide bonds. The monoisotopic (exact) mass is 421 g/mol. The number of carbonyl (C=O) groups excluding carboxylic acids is 1. The maximum atomic E-state index is 13.7. The fourth-order valence-corrected chi connectivity index (χ4v) is 4.24. The first-order chi connectivity index (χ1) is 14.5. The van der Waals surface area contributed by atoms with Crippen LogP contribution in [-0.2, 0) is 6.54 Å². The summed E-state index contributed by atoms with van der Waals surface area (Å²) in [6.45, 7) is 6.29. The first-order valence-corrected chi connectivity index (χ1v) is 10.5. The van der Waals surface area contributed by atoms with Crippen LogP contribution < -0.4 is 9.64 Å². The van der Waals surface area contributed by atoms with E-state index < -0.39 is 0 Å². The fraction of sp³-hybridized carbons (Fsp3) is 0.273.